The summed E-state index contributed by atoms with van der Waals surface area (Å²) in [5, 5.41) is 13.3. The summed E-state index contributed by atoms with van der Waals surface area (Å²) >= 11 is 0. The second-order valence-corrected chi connectivity index (χ2v) is 6.07. The first-order chi connectivity index (χ1) is 11.2. The number of carboxylic acid groups (broad SMARTS) is 1. The van der Waals surface area contributed by atoms with Crippen LogP contribution < -0.4 is 0 Å². The van der Waals surface area contributed by atoms with Crippen molar-refractivity contribution in [2.24, 2.45) is 0 Å². The van der Waals surface area contributed by atoms with Crippen molar-refractivity contribution in [3.05, 3.63) is 35.8 Å². The molecule has 0 aliphatic heterocycles. The molecule has 0 aliphatic carbocycles. The van der Waals surface area contributed by atoms with Crippen molar-refractivity contribution in [1.29, 1.82) is 0 Å². The van der Waals surface area contributed by atoms with Gasteiger partial charge in [-0.25, -0.2) is 4.79 Å². The Morgan fingerprint density at radius 3 is 2.39 bits per heavy atom. The van der Waals surface area contributed by atoms with Gasteiger partial charge in [-0.3, -0.25) is 0 Å². The molecule has 1 heterocycles. The highest BCUT2D eigenvalue weighted by Gasteiger charge is 2.01. The fraction of sp³-hybridized carbons (Fsp3) is 0.632. The third-order valence-electron chi connectivity index (χ3n) is 3.95. The summed E-state index contributed by atoms with van der Waals surface area (Å²) in [5.74, 6) is -0.107. The van der Waals surface area contributed by atoms with E-state index in [0.29, 0.717) is 0 Å². The first-order valence-corrected chi connectivity index (χ1v) is 8.97. The van der Waals surface area contributed by atoms with Crippen LogP contribution in [0.5, 0.6) is 0 Å². The van der Waals surface area contributed by atoms with Crippen molar-refractivity contribution >= 4 is 11.8 Å². The van der Waals surface area contributed by atoms with E-state index in [-0.39, 0.29) is 6.04 Å². The molecule has 1 rings (SSSR count). The minimum atomic E-state index is -0.913. The van der Waals surface area contributed by atoms with Gasteiger partial charge in [-0.15, -0.1) is 0 Å². The van der Waals surface area contributed by atoms with Crippen molar-refractivity contribution in [1.82, 2.24) is 4.98 Å². The standard InChI is InChI=1S/C19H31N2O2/c1-2-3-4-5-6-7-8-9-10-12-17(14-15-19(22)23)21-18-13-11-16-20-18/h11,13-17,20H,2-10,12H2,1H3,(H,22,23)/q-1/b15-14+/t17-/m1/s1. The molecular weight excluding hydrogens is 288 g/mol. The van der Waals surface area contributed by atoms with Gasteiger partial charge < -0.3 is 15.4 Å². The van der Waals surface area contributed by atoms with E-state index in [1.807, 2.05) is 18.3 Å². The molecule has 0 radical (unpaired) electrons. The zero-order valence-electron chi connectivity index (χ0n) is 14.3. The van der Waals surface area contributed by atoms with Gasteiger partial charge in [-0.1, -0.05) is 94.9 Å². The van der Waals surface area contributed by atoms with Crippen LogP contribution in [-0.4, -0.2) is 22.1 Å². The molecule has 23 heavy (non-hydrogen) atoms. The second-order valence-electron chi connectivity index (χ2n) is 6.07. The smallest absolute Gasteiger partial charge is 0.327 e. The van der Waals surface area contributed by atoms with Crippen LogP contribution in [0, 0.1) is 0 Å². The van der Waals surface area contributed by atoms with Crippen molar-refractivity contribution < 1.29 is 9.90 Å². The summed E-state index contributed by atoms with van der Waals surface area (Å²) in [6.07, 6.45) is 17.2. The number of aromatic amines is 1. The molecule has 1 atom stereocenters. The number of aliphatic carboxylic acids is 1. The van der Waals surface area contributed by atoms with Gasteiger partial charge in [0.2, 0.25) is 0 Å². The van der Waals surface area contributed by atoms with E-state index < -0.39 is 5.97 Å². The fourth-order valence-electron chi connectivity index (χ4n) is 2.64. The maximum Gasteiger partial charge on any atom is 0.327 e. The molecule has 0 unspecified atom stereocenters. The Balaban J connectivity index is 2.17. The number of carbonyl (C=O) groups is 1. The lowest BCUT2D eigenvalue weighted by atomic mass is 10.0. The number of nitrogens with one attached hydrogen (secondary N) is 1. The lowest BCUT2D eigenvalue weighted by Gasteiger charge is -2.21. The zero-order chi connectivity index (χ0) is 16.8. The SMILES string of the molecule is CCCCCCCCCCC[C@H](/C=C/C(=O)O)[N-]c1ccc[nH]1. The van der Waals surface area contributed by atoms with Gasteiger partial charge in [0.1, 0.15) is 0 Å². The van der Waals surface area contributed by atoms with Crippen LogP contribution in [0.1, 0.15) is 71.1 Å². The molecule has 4 nitrogen and oxygen atoms in total. The first kappa shape index (κ1) is 19.3. The lowest BCUT2D eigenvalue weighted by molar-refractivity contribution is -0.131. The molecule has 2 N–H and O–H groups in total. The first-order valence-electron chi connectivity index (χ1n) is 8.97. The quantitative estimate of drug-likeness (QED) is 0.328. The molecule has 1 aromatic rings. The summed E-state index contributed by atoms with van der Waals surface area (Å²) in [7, 11) is 0. The molecule has 0 bridgehead atoms. The largest absolute Gasteiger partial charge is 0.478 e. The van der Waals surface area contributed by atoms with Crippen LogP contribution >= 0.6 is 0 Å². The topological polar surface area (TPSA) is 67.2 Å². The Morgan fingerprint density at radius 2 is 1.83 bits per heavy atom. The summed E-state index contributed by atoms with van der Waals surface area (Å²) in [6, 6.07) is 3.74. The highest BCUT2D eigenvalue weighted by atomic mass is 16.4. The van der Waals surface area contributed by atoms with Crippen LogP contribution in [0.2, 0.25) is 0 Å². The van der Waals surface area contributed by atoms with Crippen molar-refractivity contribution in [3.8, 4) is 0 Å². The number of rotatable bonds is 14. The number of carboxylic acids is 1. The summed E-state index contributed by atoms with van der Waals surface area (Å²) < 4.78 is 0. The molecule has 0 aliphatic rings. The number of hydrogen-bond acceptors (Lipinski definition) is 1. The van der Waals surface area contributed by atoms with Gasteiger partial charge in [-0.05, 0) is 12.5 Å². The monoisotopic (exact) mass is 319 g/mol. The predicted molar refractivity (Wildman–Crippen MR) is 96.2 cm³/mol. The third kappa shape index (κ3) is 10.6. The van der Waals surface area contributed by atoms with Gasteiger partial charge >= 0.3 is 5.97 Å². The van der Waals surface area contributed by atoms with E-state index in [1.54, 1.807) is 6.08 Å². The van der Waals surface area contributed by atoms with Gasteiger partial charge in [-0.2, -0.15) is 0 Å². The van der Waals surface area contributed by atoms with E-state index in [2.05, 4.69) is 17.2 Å². The fourth-order valence-corrected chi connectivity index (χ4v) is 2.64. The van der Waals surface area contributed by atoms with Crippen LogP contribution in [0.3, 0.4) is 0 Å². The number of hydrogen-bond donors (Lipinski definition) is 2. The maximum atomic E-state index is 10.7. The number of unbranched alkanes of at least 4 members (excludes halogenated alkanes) is 8. The van der Waals surface area contributed by atoms with E-state index in [9.17, 15) is 4.79 Å². The Kier molecular flexibility index (Phi) is 10.8. The molecule has 0 amide bonds. The molecule has 1 aromatic heterocycles. The Morgan fingerprint density at radius 1 is 1.17 bits per heavy atom. The average Bonchev–Trinajstić information content (AvgIpc) is 3.03. The number of aromatic nitrogens is 1. The normalized spacial score (nSPS) is 12.6. The molecule has 4 heteroatoms. The van der Waals surface area contributed by atoms with Crippen molar-refractivity contribution in [3.63, 3.8) is 0 Å². The molecule has 0 aromatic carbocycles. The van der Waals surface area contributed by atoms with E-state index in [4.69, 9.17) is 5.11 Å². The number of H-pyrrole nitrogens is 1. The Bertz CT molecular complexity index is 427. The third-order valence-corrected chi connectivity index (χ3v) is 3.95. The minimum Gasteiger partial charge on any atom is -0.478 e. The van der Waals surface area contributed by atoms with E-state index in [1.165, 1.54) is 57.4 Å². The Labute approximate surface area is 140 Å². The van der Waals surface area contributed by atoms with Crippen LogP contribution in [0.15, 0.2) is 30.5 Å². The molecular formula is C19H31N2O2-. The maximum absolute atomic E-state index is 10.7. The molecule has 0 spiro atoms. The highest BCUT2D eigenvalue weighted by Crippen LogP contribution is 2.23. The Hall–Kier alpha value is -1.71. The molecule has 0 fully saturated rings. The lowest BCUT2D eigenvalue weighted by Crippen LogP contribution is -2.03. The zero-order valence-corrected chi connectivity index (χ0v) is 14.3. The summed E-state index contributed by atoms with van der Waals surface area (Å²) in [6.45, 7) is 2.24. The molecule has 0 saturated heterocycles. The van der Waals surface area contributed by atoms with Gasteiger partial charge in [0.05, 0.1) is 0 Å². The number of nitrogens with zero attached hydrogens (tertiary/aromatic N) is 1. The average molecular weight is 319 g/mol. The second kappa shape index (κ2) is 12.8. The van der Waals surface area contributed by atoms with E-state index >= 15 is 0 Å². The van der Waals surface area contributed by atoms with Crippen LogP contribution in [-0.2, 0) is 4.79 Å². The van der Waals surface area contributed by atoms with Gasteiger partial charge in [0, 0.05) is 6.08 Å². The van der Waals surface area contributed by atoms with E-state index in [0.717, 1.165) is 18.7 Å². The minimum absolute atomic E-state index is 0.0608. The summed E-state index contributed by atoms with van der Waals surface area (Å²) in [4.78, 5) is 13.7. The molecule has 130 valence electrons. The van der Waals surface area contributed by atoms with Crippen molar-refractivity contribution in [2.45, 2.75) is 77.2 Å². The highest BCUT2D eigenvalue weighted by molar-refractivity contribution is 5.80. The summed E-state index contributed by atoms with van der Waals surface area (Å²) in [5.41, 5.74) is 0. The van der Waals surface area contributed by atoms with Gasteiger partial charge in [0.25, 0.3) is 0 Å². The van der Waals surface area contributed by atoms with Gasteiger partial charge in [0.15, 0.2) is 0 Å². The molecule has 0 saturated carbocycles. The van der Waals surface area contributed by atoms with Crippen LogP contribution in [0.25, 0.3) is 5.32 Å². The van der Waals surface area contributed by atoms with Crippen molar-refractivity contribution in [2.75, 3.05) is 0 Å². The predicted octanol–water partition coefficient (Wildman–Crippen LogP) is 5.95. The van der Waals surface area contributed by atoms with Crippen LogP contribution in [0.4, 0.5) is 5.82 Å².